The van der Waals surface area contributed by atoms with Gasteiger partial charge in [0.2, 0.25) is 0 Å². The predicted molar refractivity (Wildman–Crippen MR) is 59.5 cm³/mol. The van der Waals surface area contributed by atoms with E-state index in [9.17, 15) is 8.78 Å². The van der Waals surface area contributed by atoms with Gasteiger partial charge in [-0.05, 0) is 25.2 Å². The molecule has 1 heterocycles. The van der Waals surface area contributed by atoms with Crippen molar-refractivity contribution in [2.24, 2.45) is 0 Å². The van der Waals surface area contributed by atoms with E-state index in [-0.39, 0.29) is 11.3 Å². The number of halogens is 2. The fourth-order valence-electron chi connectivity index (χ4n) is 1.47. The summed E-state index contributed by atoms with van der Waals surface area (Å²) < 4.78 is 31.8. The van der Waals surface area contributed by atoms with Crippen LogP contribution in [-0.4, -0.2) is 18.6 Å². The second-order valence-electron chi connectivity index (χ2n) is 3.60. The highest BCUT2D eigenvalue weighted by molar-refractivity contribution is 5.57. The van der Waals surface area contributed by atoms with Crippen molar-refractivity contribution < 1.29 is 13.2 Å². The first-order valence-corrected chi connectivity index (χ1v) is 5.25. The first-order valence-electron chi connectivity index (χ1n) is 5.25. The number of hydrogen-bond donors (Lipinski definition) is 1. The standard InChI is InChI=1S/C12H12F2N2O/c1-15-5-4-12-16-7-11(17-12)9-6-8(13)2-3-10(9)14/h2-3,6-7,15H,4-5H2,1H3. The number of hydrogen-bond acceptors (Lipinski definition) is 3. The summed E-state index contributed by atoms with van der Waals surface area (Å²) in [6, 6.07) is 3.23. The molecule has 1 aromatic heterocycles. The molecule has 0 bridgehead atoms. The van der Waals surface area contributed by atoms with Gasteiger partial charge in [0.1, 0.15) is 11.6 Å². The quantitative estimate of drug-likeness (QED) is 0.888. The van der Waals surface area contributed by atoms with Gasteiger partial charge in [0.15, 0.2) is 11.7 Å². The van der Waals surface area contributed by atoms with Gasteiger partial charge in [0.05, 0.1) is 11.8 Å². The molecule has 0 fully saturated rings. The fraction of sp³-hybridized carbons (Fsp3) is 0.250. The molecule has 1 aromatic carbocycles. The molecule has 0 saturated carbocycles. The van der Waals surface area contributed by atoms with E-state index in [4.69, 9.17) is 4.42 Å². The Morgan fingerprint density at radius 1 is 1.35 bits per heavy atom. The first kappa shape index (κ1) is 11.7. The van der Waals surface area contributed by atoms with E-state index in [1.165, 1.54) is 6.20 Å². The number of benzene rings is 1. The maximum atomic E-state index is 13.4. The van der Waals surface area contributed by atoms with Crippen LogP contribution in [0.1, 0.15) is 5.89 Å². The lowest BCUT2D eigenvalue weighted by Crippen LogP contribution is -2.10. The Kier molecular flexibility index (Phi) is 3.49. The topological polar surface area (TPSA) is 38.1 Å². The second-order valence-corrected chi connectivity index (χ2v) is 3.60. The Balaban J connectivity index is 2.27. The van der Waals surface area contributed by atoms with Gasteiger partial charge in [-0.25, -0.2) is 13.8 Å². The molecule has 0 aliphatic rings. The predicted octanol–water partition coefficient (Wildman–Crippen LogP) is 2.38. The first-order chi connectivity index (χ1) is 8.20. The Hall–Kier alpha value is -1.75. The molecule has 90 valence electrons. The van der Waals surface area contributed by atoms with Crippen molar-refractivity contribution in [2.75, 3.05) is 13.6 Å². The van der Waals surface area contributed by atoms with E-state index in [2.05, 4.69) is 10.3 Å². The number of aromatic nitrogens is 1. The summed E-state index contributed by atoms with van der Waals surface area (Å²) in [4.78, 5) is 4.01. The zero-order valence-electron chi connectivity index (χ0n) is 9.34. The maximum absolute atomic E-state index is 13.4. The minimum absolute atomic E-state index is 0.0909. The smallest absolute Gasteiger partial charge is 0.196 e. The van der Waals surface area contributed by atoms with Gasteiger partial charge in [0, 0.05) is 13.0 Å². The fourth-order valence-corrected chi connectivity index (χ4v) is 1.47. The van der Waals surface area contributed by atoms with Gasteiger partial charge < -0.3 is 9.73 Å². The summed E-state index contributed by atoms with van der Waals surface area (Å²) in [6.07, 6.45) is 2.01. The monoisotopic (exact) mass is 238 g/mol. The minimum Gasteiger partial charge on any atom is -0.441 e. The van der Waals surface area contributed by atoms with Gasteiger partial charge in [-0.3, -0.25) is 0 Å². The molecule has 2 rings (SSSR count). The Morgan fingerprint density at radius 3 is 2.94 bits per heavy atom. The van der Waals surface area contributed by atoms with Crippen molar-refractivity contribution in [3.05, 3.63) is 41.9 Å². The Labute approximate surface area is 97.5 Å². The molecule has 3 nitrogen and oxygen atoms in total. The third-order valence-electron chi connectivity index (χ3n) is 2.34. The number of likely N-dealkylation sites (N-methyl/N-ethyl adjacent to an activating group) is 1. The van der Waals surface area contributed by atoms with Crippen LogP contribution in [0.5, 0.6) is 0 Å². The van der Waals surface area contributed by atoms with Gasteiger partial charge in [-0.1, -0.05) is 0 Å². The normalized spacial score (nSPS) is 10.8. The van der Waals surface area contributed by atoms with E-state index in [0.717, 1.165) is 18.2 Å². The van der Waals surface area contributed by atoms with E-state index in [1.807, 2.05) is 7.05 Å². The van der Waals surface area contributed by atoms with Gasteiger partial charge >= 0.3 is 0 Å². The molecule has 0 aliphatic heterocycles. The molecule has 0 aliphatic carbocycles. The number of oxazole rings is 1. The van der Waals surface area contributed by atoms with Crippen LogP contribution in [0.4, 0.5) is 8.78 Å². The van der Waals surface area contributed by atoms with Crippen molar-refractivity contribution in [3.8, 4) is 11.3 Å². The van der Waals surface area contributed by atoms with Crippen molar-refractivity contribution in [1.29, 1.82) is 0 Å². The van der Waals surface area contributed by atoms with E-state index in [0.29, 0.717) is 18.9 Å². The average molecular weight is 238 g/mol. The molecule has 0 amide bonds. The van der Waals surface area contributed by atoms with Gasteiger partial charge in [-0.15, -0.1) is 0 Å². The van der Waals surface area contributed by atoms with E-state index < -0.39 is 11.6 Å². The Morgan fingerprint density at radius 2 is 2.18 bits per heavy atom. The summed E-state index contributed by atoms with van der Waals surface area (Å²) in [6.45, 7) is 0.714. The van der Waals surface area contributed by atoms with Crippen LogP contribution in [-0.2, 0) is 6.42 Å². The molecule has 0 atom stereocenters. The van der Waals surface area contributed by atoms with Gasteiger partial charge in [0.25, 0.3) is 0 Å². The van der Waals surface area contributed by atoms with Crippen molar-refractivity contribution in [2.45, 2.75) is 6.42 Å². The van der Waals surface area contributed by atoms with Crippen molar-refractivity contribution in [1.82, 2.24) is 10.3 Å². The molecule has 0 saturated heterocycles. The molecule has 0 radical (unpaired) electrons. The zero-order chi connectivity index (χ0) is 12.3. The lowest BCUT2D eigenvalue weighted by atomic mass is 10.2. The Bertz CT molecular complexity index is 511. The molecular weight excluding hydrogens is 226 g/mol. The van der Waals surface area contributed by atoms with Crippen LogP contribution in [0.3, 0.4) is 0 Å². The number of nitrogens with one attached hydrogen (secondary N) is 1. The molecule has 0 unspecified atom stereocenters. The summed E-state index contributed by atoms with van der Waals surface area (Å²) in [5, 5.41) is 2.95. The largest absolute Gasteiger partial charge is 0.441 e. The molecule has 2 aromatic rings. The van der Waals surface area contributed by atoms with Crippen LogP contribution in [0.25, 0.3) is 11.3 Å². The van der Waals surface area contributed by atoms with Crippen LogP contribution in [0.2, 0.25) is 0 Å². The number of rotatable bonds is 4. The SMILES string of the molecule is CNCCc1ncc(-c2cc(F)ccc2F)o1. The van der Waals surface area contributed by atoms with Crippen molar-refractivity contribution in [3.63, 3.8) is 0 Å². The molecular formula is C12H12F2N2O. The minimum atomic E-state index is -0.525. The lowest BCUT2D eigenvalue weighted by molar-refractivity contribution is 0.496. The van der Waals surface area contributed by atoms with Crippen LogP contribution < -0.4 is 5.32 Å². The molecule has 0 spiro atoms. The summed E-state index contributed by atoms with van der Waals surface area (Å²) in [5.41, 5.74) is 0.0909. The van der Waals surface area contributed by atoms with Crippen molar-refractivity contribution >= 4 is 0 Å². The summed E-state index contributed by atoms with van der Waals surface area (Å²) in [7, 11) is 1.82. The van der Waals surface area contributed by atoms with E-state index in [1.54, 1.807) is 0 Å². The summed E-state index contributed by atoms with van der Waals surface area (Å²) >= 11 is 0. The maximum Gasteiger partial charge on any atom is 0.196 e. The number of nitrogens with zero attached hydrogens (tertiary/aromatic N) is 1. The highest BCUT2D eigenvalue weighted by atomic mass is 19.1. The highest BCUT2D eigenvalue weighted by Gasteiger charge is 2.11. The highest BCUT2D eigenvalue weighted by Crippen LogP contribution is 2.24. The lowest BCUT2D eigenvalue weighted by Gasteiger charge is -1.99. The third-order valence-corrected chi connectivity index (χ3v) is 2.34. The molecule has 5 heteroatoms. The summed E-state index contributed by atoms with van der Waals surface area (Å²) in [5.74, 6) is -0.289. The second kappa shape index (κ2) is 5.05. The molecule has 17 heavy (non-hydrogen) atoms. The van der Waals surface area contributed by atoms with Crippen LogP contribution >= 0.6 is 0 Å². The zero-order valence-corrected chi connectivity index (χ0v) is 9.34. The third kappa shape index (κ3) is 2.68. The average Bonchev–Trinajstić information content (AvgIpc) is 2.78. The van der Waals surface area contributed by atoms with Crippen LogP contribution in [0, 0.1) is 11.6 Å². The molecule has 1 N–H and O–H groups in total. The van der Waals surface area contributed by atoms with E-state index >= 15 is 0 Å². The van der Waals surface area contributed by atoms with Crippen LogP contribution in [0.15, 0.2) is 28.8 Å². The van der Waals surface area contributed by atoms with Gasteiger partial charge in [-0.2, -0.15) is 0 Å².